The van der Waals surface area contributed by atoms with Gasteiger partial charge >= 0.3 is 0 Å². The lowest BCUT2D eigenvalue weighted by molar-refractivity contribution is -0.110. The lowest BCUT2D eigenvalue weighted by Crippen LogP contribution is -2.01. The van der Waals surface area contributed by atoms with Crippen molar-refractivity contribution in [3.63, 3.8) is 0 Å². The van der Waals surface area contributed by atoms with Crippen molar-refractivity contribution in [3.8, 4) is 5.75 Å². The number of ether oxygens (including phenoxy) is 1. The van der Waals surface area contributed by atoms with Gasteiger partial charge in [-0.1, -0.05) is 59.7 Å². The topological polar surface area (TPSA) is 26.3 Å². The first-order chi connectivity index (χ1) is 11.0. The molecule has 0 unspecified atom stereocenters. The highest BCUT2D eigenvalue weighted by Gasteiger charge is 2.12. The number of carbonyl (C=O) groups excluding carboxylic acids is 1. The van der Waals surface area contributed by atoms with E-state index in [0.717, 1.165) is 32.7 Å². The number of hydrogen-bond acceptors (Lipinski definition) is 3. The Morgan fingerprint density at radius 2 is 2.00 bits per heavy atom. The lowest BCUT2D eigenvalue weighted by Gasteiger charge is -2.14. The summed E-state index contributed by atoms with van der Waals surface area (Å²) in [6, 6.07) is 12.2. The van der Waals surface area contributed by atoms with Crippen molar-refractivity contribution < 1.29 is 9.53 Å². The van der Waals surface area contributed by atoms with Gasteiger partial charge in [0.1, 0.15) is 12.4 Å². The Morgan fingerprint density at radius 3 is 2.65 bits per heavy atom. The van der Waals surface area contributed by atoms with Crippen LogP contribution in [0.4, 0.5) is 0 Å². The second-order valence-electron chi connectivity index (χ2n) is 5.29. The number of benzene rings is 2. The molecule has 2 aromatic rings. The van der Waals surface area contributed by atoms with Gasteiger partial charge in [0, 0.05) is 21.4 Å². The molecule has 0 spiro atoms. The number of halogens is 1. The predicted octanol–water partition coefficient (Wildman–Crippen LogP) is 5.93. The molecule has 0 saturated carbocycles. The van der Waals surface area contributed by atoms with E-state index >= 15 is 0 Å². The van der Waals surface area contributed by atoms with E-state index in [1.807, 2.05) is 31.2 Å². The third-order valence-electron chi connectivity index (χ3n) is 3.61. The third-order valence-corrected chi connectivity index (χ3v) is 5.47. The number of rotatable bonds is 6. The molecule has 0 radical (unpaired) electrons. The maximum absolute atomic E-state index is 11.8. The molecular weight excluding hydrogens is 372 g/mol. The zero-order valence-corrected chi connectivity index (χ0v) is 16.1. The van der Waals surface area contributed by atoms with Crippen molar-refractivity contribution in [2.75, 3.05) is 0 Å². The minimum Gasteiger partial charge on any atom is -0.489 e. The monoisotopic (exact) mass is 392 g/mol. The number of aryl methyl sites for hydroxylation is 2. The van der Waals surface area contributed by atoms with Gasteiger partial charge in [-0.25, -0.2) is 0 Å². The Kier molecular flexibility index (Phi) is 6.72. The minimum absolute atomic E-state index is 0.160. The van der Waals surface area contributed by atoms with E-state index in [9.17, 15) is 4.79 Å². The third kappa shape index (κ3) is 4.85. The van der Waals surface area contributed by atoms with Gasteiger partial charge in [-0.3, -0.25) is 4.79 Å². The van der Waals surface area contributed by atoms with Crippen LogP contribution in [0.5, 0.6) is 5.75 Å². The highest BCUT2D eigenvalue weighted by atomic mass is 79.9. The molecule has 0 aliphatic carbocycles. The van der Waals surface area contributed by atoms with E-state index in [1.54, 1.807) is 0 Å². The molecule has 0 fully saturated rings. The Morgan fingerprint density at radius 1 is 1.22 bits per heavy atom. The summed E-state index contributed by atoms with van der Waals surface area (Å²) in [5.74, 6) is 0.885. The Hall–Kier alpha value is -1.26. The molecule has 0 bridgehead atoms. The molecule has 0 saturated heterocycles. The van der Waals surface area contributed by atoms with E-state index in [0.29, 0.717) is 13.0 Å². The fourth-order valence-corrected chi connectivity index (χ4v) is 3.65. The highest BCUT2D eigenvalue weighted by molar-refractivity contribution is 9.10. The van der Waals surface area contributed by atoms with Gasteiger partial charge in [0.25, 0.3) is 0 Å². The van der Waals surface area contributed by atoms with Crippen LogP contribution >= 0.6 is 27.7 Å². The molecule has 0 amide bonds. The van der Waals surface area contributed by atoms with Crippen molar-refractivity contribution in [2.24, 2.45) is 0 Å². The van der Waals surface area contributed by atoms with Gasteiger partial charge < -0.3 is 4.74 Å². The normalized spacial score (nSPS) is 10.6. The standard InChI is InChI=1S/C19H21BrO2S/c1-4-14-9-10-17(13(3)11-14)22-12-15-16(20)7-6-8-18(15)23-19(21)5-2/h6-11H,4-5,12H2,1-3H3. The maximum atomic E-state index is 11.8. The zero-order chi connectivity index (χ0) is 16.8. The van der Waals surface area contributed by atoms with Crippen molar-refractivity contribution in [3.05, 3.63) is 57.6 Å². The lowest BCUT2D eigenvalue weighted by atomic mass is 10.1. The van der Waals surface area contributed by atoms with Crippen LogP contribution in [0.1, 0.15) is 37.0 Å². The van der Waals surface area contributed by atoms with Gasteiger partial charge in [-0.15, -0.1) is 0 Å². The average molecular weight is 393 g/mol. The molecule has 2 aromatic carbocycles. The SMILES string of the molecule is CCC(=O)Sc1cccc(Br)c1COc1ccc(CC)cc1C. The molecule has 23 heavy (non-hydrogen) atoms. The fraction of sp³-hybridized carbons (Fsp3) is 0.316. The summed E-state index contributed by atoms with van der Waals surface area (Å²) in [6.45, 7) is 6.52. The predicted molar refractivity (Wildman–Crippen MR) is 100 cm³/mol. The molecule has 0 N–H and O–H groups in total. The largest absolute Gasteiger partial charge is 0.489 e. The first kappa shape index (κ1) is 18.1. The van der Waals surface area contributed by atoms with Gasteiger partial charge in [0.2, 0.25) is 0 Å². The summed E-state index contributed by atoms with van der Waals surface area (Å²) in [7, 11) is 0. The zero-order valence-electron chi connectivity index (χ0n) is 13.7. The quantitative estimate of drug-likeness (QED) is 0.569. The molecule has 0 aromatic heterocycles. The molecule has 0 heterocycles. The number of thioether (sulfide) groups is 1. The smallest absolute Gasteiger partial charge is 0.193 e. The number of hydrogen-bond donors (Lipinski definition) is 0. The summed E-state index contributed by atoms with van der Waals surface area (Å²) in [6.07, 6.45) is 1.54. The maximum Gasteiger partial charge on any atom is 0.193 e. The summed E-state index contributed by atoms with van der Waals surface area (Å²) in [5.41, 5.74) is 3.45. The van der Waals surface area contributed by atoms with Crippen molar-refractivity contribution in [1.29, 1.82) is 0 Å². The van der Waals surface area contributed by atoms with Gasteiger partial charge in [-0.2, -0.15) is 0 Å². The Balaban J connectivity index is 2.18. The molecule has 122 valence electrons. The van der Waals surface area contributed by atoms with Crippen molar-refractivity contribution >= 4 is 32.8 Å². The van der Waals surface area contributed by atoms with E-state index in [2.05, 4.69) is 41.9 Å². The van der Waals surface area contributed by atoms with Crippen molar-refractivity contribution in [1.82, 2.24) is 0 Å². The molecule has 0 atom stereocenters. The number of carbonyl (C=O) groups is 1. The summed E-state index contributed by atoms with van der Waals surface area (Å²) in [4.78, 5) is 12.7. The molecule has 0 aliphatic heterocycles. The van der Waals surface area contributed by atoms with Crippen LogP contribution in [-0.2, 0) is 17.8 Å². The van der Waals surface area contributed by atoms with E-state index in [1.165, 1.54) is 17.3 Å². The van der Waals surface area contributed by atoms with Gasteiger partial charge in [-0.05, 0) is 42.7 Å². The molecule has 0 aliphatic rings. The summed E-state index contributed by atoms with van der Waals surface area (Å²) in [5, 5.41) is 0.160. The van der Waals surface area contributed by atoms with E-state index in [-0.39, 0.29) is 5.12 Å². The van der Waals surface area contributed by atoms with E-state index < -0.39 is 0 Å². The first-order valence-corrected chi connectivity index (χ1v) is 9.36. The molecular formula is C19H21BrO2S. The second kappa shape index (κ2) is 8.55. The van der Waals surface area contributed by atoms with Crippen molar-refractivity contribution in [2.45, 2.75) is 45.1 Å². The van der Waals surface area contributed by atoms with Gasteiger partial charge in [0.15, 0.2) is 5.12 Å². The van der Waals surface area contributed by atoms with Crippen LogP contribution in [0.25, 0.3) is 0 Å². The molecule has 4 heteroatoms. The van der Waals surface area contributed by atoms with Crippen LogP contribution in [0.3, 0.4) is 0 Å². The van der Waals surface area contributed by atoms with Crippen LogP contribution < -0.4 is 4.74 Å². The minimum atomic E-state index is 0.160. The average Bonchev–Trinajstić information content (AvgIpc) is 2.55. The highest BCUT2D eigenvalue weighted by Crippen LogP contribution is 2.31. The summed E-state index contributed by atoms with van der Waals surface area (Å²) >= 11 is 4.85. The second-order valence-corrected chi connectivity index (χ2v) is 7.24. The fourth-order valence-electron chi connectivity index (χ4n) is 2.21. The summed E-state index contributed by atoms with van der Waals surface area (Å²) < 4.78 is 6.97. The van der Waals surface area contributed by atoms with Crippen LogP contribution in [0, 0.1) is 6.92 Å². The first-order valence-electron chi connectivity index (χ1n) is 7.75. The van der Waals surface area contributed by atoms with Crippen LogP contribution in [0.2, 0.25) is 0 Å². The van der Waals surface area contributed by atoms with Gasteiger partial charge in [0.05, 0.1) is 0 Å². The Bertz CT molecular complexity index is 698. The molecule has 2 rings (SSSR count). The Labute approximate surface area is 150 Å². The van der Waals surface area contributed by atoms with E-state index in [4.69, 9.17) is 4.74 Å². The van der Waals surface area contributed by atoms with Crippen LogP contribution in [-0.4, -0.2) is 5.12 Å². The van der Waals surface area contributed by atoms with Crippen LogP contribution in [0.15, 0.2) is 45.8 Å². The molecule has 2 nitrogen and oxygen atoms in total.